The first-order valence-electron chi connectivity index (χ1n) is 4.82. The molecule has 0 bridgehead atoms. The van der Waals surface area contributed by atoms with Crippen molar-refractivity contribution in [2.45, 2.75) is 19.0 Å². The Morgan fingerprint density at radius 3 is 2.86 bits per heavy atom. The summed E-state index contributed by atoms with van der Waals surface area (Å²) in [5.74, 6) is 0.837. The summed E-state index contributed by atoms with van der Waals surface area (Å²) in [4.78, 5) is 0. The van der Waals surface area contributed by atoms with Crippen LogP contribution in [-0.4, -0.2) is 0 Å². The molecule has 0 nitrogen and oxygen atoms in total. The van der Waals surface area contributed by atoms with Gasteiger partial charge in [-0.1, -0.05) is 46.4 Å². The van der Waals surface area contributed by atoms with Gasteiger partial charge in [0.25, 0.3) is 0 Å². The normalized spacial score (nSPS) is 28.2. The zero-order valence-corrected chi connectivity index (χ0v) is 12.5. The number of hydrogen-bond donors (Lipinski definition) is 0. The molecule has 0 N–H and O–H groups in total. The maximum Gasteiger partial charge on any atom is 0.0146 e. The van der Waals surface area contributed by atoms with Crippen LogP contribution in [0.15, 0.2) is 24.3 Å². The Labute approximate surface area is 93.6 Å². The molecule has 1 aliphatic carbocycles. The number of benzene rings is 1. The van der Waals surface area contributed by atoms with E-state index in [-0.39, 0.29) is 7.30 Å². The van der Waals surface area contributed by atoms with Crippen molar-refractivity contribution in [3.05, 3.63) is 35.4 Å². The lowest BCUT2D eigenvalue weighted by Crippen LogP contribution is -1.97. The molecular formula is C10H16P4. The lowest BCUT2D eigenvalue weighted by molar-refractivity contribution is 0.613. The molecule has 0 aliphatic heterocycles. The van der Waals surface area contributed by atoms with E-state index in [2.05, 4.69) is 49.0 Å². The maximum absolute atomic E-state index is 3.08. The van der Waals surface area contributed by atoms with Crippen LogP contribution in [-0.2, 0) is 6.42 Å². The van der Waals surface area contributed by atoms with Gasteiger partial charge in [-0.15, -0.1) is 17.9 Å². The highest BCUT2D eigenvalue weighted by Crippen LogP contribution is 2.77. The maximum atomic E-state index is 3.08. The molecule has 76 valence electrons. The van der Waals surface area contributed by atoms with Crippen LogP contribution in [0.1, 0.15) is 23.7 Å². The van der Waals surface area contributed by atoms with Gasteiger partial charge in [0.05, 0.1) is 0 Å². The molecule has 0 radical (unpaired) electrons. The van der Waals surface area contributed by atoms with Crippen LogP contribution in [0, 0.1) is 5.92 Å². The first kappa shape index (κ1) is 11.4. The van der Waals surface area contributed by atoms with E-state index in [1.54, 1.807) is 11.1 Å². The van der Waals surface area contributed by atoms with Crippen LogP contribution in [0.25, 0.3) is 0 Å². The van der Waals surface area contributed by atoms with Gasteiger partial charge in [-0.2, -0.15) is 0 Å². The molecule has 14 heavy (non-hydrogen) atoms. The molecule has 4 unspecified atom stereocenters. The Bertz CT molecular complexity index is 322. The molecule has 4 heteroatoms. The van der Waals surface area contributed by atoms with Gasteiger partial charge in [-0.3, -0.25) is 0 Å². The summed E-state index contributed by atoms with van der Waals surface area (Å²) < 4.78 is 0. The second-order valence-corrected chi connectivity index (χ2v) is 13.4. The topological polar surface area (TPSA) is 0 Å². The molecule has 0 saturated heterocycles. The summed E-state index contributed by atoms with van der Waals surface area (Å²) in [6, 6.07) is 8.98. The van der Waals surface area contributed by atoms with Crippen molar-refractivity contribution in [1.82, 2.24) is 0 Å². The highest BCUT2D eigenvalue weighted by Gasteiger charge is 2.32. The van der Waals surface area contributed by atoms with Crippen molar-refractivity contribution >= 4 is 33.1 Å². The molecule has 0 aromatic heterocycles. The summed E-state index contributed by atoms with van der Waals surface area (Å²) in [5.41, 5.74) is 4.03. The average Bonchev–Trinajstić information content (AvgIpc) is 2.53. The average molecular weight is 260 g/mol. The van der Waals surface area contributed by atoms with Crippen LogP contribution >= 0.6 is 33.1 Å². The van der Waals surface area contributed by atoms with E-state index >= 15 is 0 Å². The lowest BCUT2D eigenvalue weighted by Gasteiger charge is -2.23. The highest BCUT2D eigenvalue weighted by molar-refractivity contribution is 8.61. The minimum atomic E-state index is 0.102. The summed E-state index contributed by atoms with van der Waals surface area (Å²) in [6.07, 6.45) is 1.28. The fourth-order valence-corrected chi connectivity index (χ4v) is 8.12. The summed E-state index contributed by atoms with van der Waals surface area (Å²) in [6.45, 7) is 2.40. The third-order valence-electron chi connectivity index (χ3n) is 2.90. The van der Waals surface area contributed by atoms with E-state index in [9.17, 15) is 0 Å². The van der Waals surface area contributed by atoms with Gasteiger partial charge < -0.3 is 0 Å². The highest BCUT2D eigenvalue weighted by atomic mass is 32.6. The first-order valence-corrected chi connectivity index (χ1v) is 11.5. The fraction of sp³-hybridized carbons (Fsp3) is 0.400. The Balaban J connectivity index is 2.34. The number of fused-ring (bicyclic) bond motifs is 1. The monoisotopic (exact) mass is 260 g/mol. The second-order valence-electron chi connectivity index (χ2n) is 3.86. The van der Waals surface area contributed by atoms with E-state index in [4.69, 9.17) is 0 Å². The predicted octanol–water partition coefficient (Wildman–Crippen LogP) is 4.58. The van der Waals surface area contributed by atoms with Gasteiger partial charge >= 0.3 is 0 Å². The van der Waals surface area contributed by atoms with E-state index in [1.807, 2.05) is 0 Å². The molecule has 0 fully saturated rings. The molecular weight excluding hydrogens is 244 g/mol. The second kappa shape index (κ2) is 4.85. The molecule has 1 aromatic rings. The van der Waals surface area contributed by atoms with Gasteiger partial charge in [0.15, 0.2) is 0 Å². The van der Waals surface area contributed by atoms with Gasteiger partial charge in [0, 0.05) is 5.66 Å². The van der Waals surface area contributed by atoms with Crippen LogP contribution in [0.4, 0.5) is 0 Å². The van der Waals surface area contributed by atoms with Crippen LogP contribution in [0.2, 0.25) is 0 Å². The van der Waals surface area contributed by atoms with E-state index < -0.39 is 0 Å². The van der Waals surface area contributed by atoms with Crippen molar-refractivity contribution in [2.24, 2.45) is 5.92 Å². The van der Waals surface area contributed by atoms with Crippen molar-refractivity contribution in [3.8, 4) is 0 Å². The van der Waals surface area contributed by atoms with Crippen LogP contribution < -0.4 is 0 Å². The van der Waals surface area contributed by atoms with E-state index in [0.29, 0.717) is 0 Å². The Kier molecular flexibility index (Phi) is 3.96. The van der Waals surface area contributed by atoms with E-state index in [0.717, 1.165) is 19.5 Å². The molecule has 0 amide bonds. The Morgan fingerprint density at radius 2 is 2.14 bits per heavy atom. The molecule has 0 saturated carbocycles. The van der Waals surface area contributed by atoms with Crippen LogP contribution in [0.5, 0.6) is 0 Å². The molecule has 6 atom stereocenters. The Hall–Kier alpha value is 0.940. The SMILES string of the molecule is C[C@H]1Cc2ccccc2[C@H]1P(P)PP. The fourth-order valence-electron chi connectivity index (χ4n) is 2.28. The van der Waals surface area contributed by atoms with E-state index in [1.165, 1.54) is 6.42 Å². The van der Waals surface area contributed by atoms with Crippen molar-refractivity contribution in [3.63, 3.8) is 0 Å². The minimum absolute atomic E-state index is 0.102. The molecule has 2 rings (SSSR count). The smallest absolute Gasteiger partial charge is 0.0146 e. The minimum Gasteiger partial charge on any atom is -0.110 e. The number of hydrogen-bond acceptors (Lipinski definition) is 0. The van der Waals surface area contributed by atoms with Gasteiger partial charge in [0.1, 0.15) is 0 Å². The molecule has 0 spiro atoms. The summed E-state index contributed by atoms with van der Waals surface area (Å²) in [5, 5.41) is 0. The van der Waals surface area contributed by atoms with Gasteiger partial charge in [-0.05, 0) is 23.5 Å². The van der Waals surface area contributed by atoms with Gasteiger partial charge in [-0.25, -0.2) is 0 Å². The van der Waals surface area contributed by atoms with Gasteiger partial charge in [0.2, 0.25) is 0 Å². The standard InChI is InChI=1S/C10H16P4/c1-7-6-8-4-2-3-5-9(8)10(7)14(12)13-11/h2-5,7,10,13H,6,11-12H2,1H3/t7-,10-,14?/m0/s1. The zero-order valence-electron chi connectivity index (χ0n) is 8.27. The molecule has 0 heterocycles. The number of rotatable bonds is 2. The third-order valence-corrected chi connectivity index (χ3v) is 14.0. The summed E-state index contributed by atoms with van der Waals surface area (Å²) >= 11 is 0. The lowest BCUT2D eigenvalue weighted by atomic mass is 10.1. The predicted molar refractivity (Wildman–Crippen MR) is 76.7 cm³/mol. The first-order chi connectivity index (χ1) is 6.74. The van der Waals surface area contributed by atoms with Crippen LogP contribution in [0.3, 0.4) is 0 Å². The van der Waals surface area contributed by atoms with Crippen molar-refractivity contribution < 1.29 is 0 Å². The zero-order chi connectivity index (χ0) is 10.1. The third kappa shape index (κ3) is 2.06. The quantitative estimate of drug-likeness (QED) is 0.683. The van der Waals surface area contributed by atoms with Crippen molar-refractivity contribution in [1.29, 1.82) is 0 Å². The largest absolute Gasteiger partial charge is 0.110 e. The molecule has 1 aliphatic rings. The molecule has 1 aromatic carbocycles. The van der Waals surface area contributed by atoms with Crippen molar-refractivity contribution in [2.75, 3.05) is 0 Å². The Morgan fingerprint density at radius 1 is 1.43 bits per heavy atom. The summed E-state index contributed by atoms with van der Waals surface area (Å²) in [7, 11) is 7.11.